The summed E-state index contributed by atoms with van der Waals surface area (Å²) in [6.45, 7) is 7.67. The molecule has 0 amide bonds. The molecule has 0 fully saturated rings. The normalized spacial score (nSPS) is 15.3. The van der Waals surface area contributed by atoms with Crippen LogP contribution in [0.15, 0.2) is 11.6 Å². The van der Waals surface area contributed by atoms with Gasteiger partial charge in [-0.1, -0.05) is 19.9 Å². The lowest BCUT2D eigenvalue weighted by Gasteiger charge is -2.23. The fourth-order valence-corrected chi connectivity index (χ4v) is 1.53. The Kier molecular flexibility index (Phi) is 5.69. The van der Waals surface area contributed by atoms with Crippen LogP contribution in [0.4, 0.5) is 0 Å². The molecule has 0 bridgehead atoms. The van der Waals surface area contributed by atoms with E-state index in [1.54, 1.807) is 6.92 Å². The van der Waals surface area contributed by atoms with E-state index in [2.05, 4.69) is 6.07 Å². The van der Waals surface area contributed by atoms with E-state index in [4.69, 9.17) is 4.74 Å². The number of nitrogens with zero attached hydrogens (tertiary/aromatic N) is 1. The molecule has 0 radical (unpaired) electrons. The second kappa shape index (κ2) is 6.23. The molecule has 0 saturated heterocycles. The quantitative estimate of drug-likeness (QED) is 0.516. The zero-order valence-electron chi connectivity index (χ0n) is 9.96. The van der Waals surface area contributed by atoms with Crippen LogP contribution < -0.4 is 0 Å². The molecule has 3 heteroatoms. The van der Waals surface area contributed by atoms with Gasteiger partial charge in [0.25, 0.3) is 0 Å². The predicted octanol–water partition coefficient (Wildman–Crippen LogP) is 2.83. The van der Waals surface area contributed by atoms with E-state index < -0.39 is 11.4 Å². The minimum atomic E-state index is -1.09. The first-order chi connectivity index (χ1) is 7.08. The average molecular weight is 209 g/mol. The fourth-order valence-electron chi connectivity index (χ4n) is 1.53. The highest BCUT2D eigenvalue weighted by molar-refractivity contribution is 5.83. The molecule has 0 aliphatic carbocycles. The Morgan fingerprint density at radius 2 is 2.07 bits per heavy atom. The third-order valence-electron chi connectivity index (χ3n) is 2.53. The SMILES string of the molecule is CCC=C(C)C(C#N)(CC)C(=O)OCC. The summed E-state index contributed by atoms with van der Waals surface area (Å²) in [5.74, 6) is -0.433. The maximum absolute atomic E-state index is 11.8. The first kappa shape index (κ1) is 13.7. The number of carbonyl (C=O) groups is 1. The van der Waals surface area contributed by atoms with Crippen molar-refractivity contribution in [1.82, 2.24) is 0 Å². The summed E-state index contributed by atoms with van der Waals surface area (Å²) in [6.07, 6.45) is 3.17. The highest BCUT2D eigenvalue weighted by Gasteiger charge is 2.40. The monoisotopic (exact) mass is 209 g/mol. The van der Waals surface area contributed by atoms with E-state index in [1.165, 1.54) is 0 Å². The van der Waals surface area contributed by atoms with Gasteiger partial charge in [-0.05, 0) is 32.3 Å². The Hall–Kier alpha value is -1.30. The summed E-state index contributed by atoms with van der Waals surface area (Å²) in [5, 5.41) is 9.18. The number of ether oxygens (including phenoxy) is 1. The van der Waals surface area contributed by atoms with E-state index in [0.717, 1.165) is 12.0 Å². The summed E-state index contributed by atoms with van der Waals surface area (Å²) in [4.78, 5) is 11.8. The zero-order chi connectivity index (χ0) is 11.9. The maximum Gasteiger partial charge on any atom is 0.330 e. The Labute approximate surface area is 91.7 Å². The van der Waals surface area contributed by atoms with Crippen molar-refractivity contribution in [1.29, 1.82) is 5.26 Å². The van der Waals surface area contributed by atoms with Crippen molar-refractivity contribution in [3.05, 3.63) is 11.6 Å². The summed E-state index contributed by atoms with van der Waals surface area (Å²) in [6, 6.07) is 2.09. The van der Waals surface area contributed by atoms with Crippen LogP contribution in [0.2, 0.25) is 0 Å². The van der Waals surface area contributed by atoms with Crippen molar-refractivity contribution in [3.8, 4) is 6.07 Å². The van der Waals surface area contributed by atoms with E-state index >= 15 is 0 Å². The summed E-state index contributed by atoms with van der Waals surface area (Å²) < 4.78 is 4.95. The van der Waals surface area contributed by atoms with Crippen LogP contribution in [0.3, 0.4) is 0 Å². The molecule has 0 aliphatic heterocycles. The molecular weight excluding hydrogens is 190 g/mol. The van der Waals surface area contributed by atoms with Gasteiger partial charge in [-0.3, -0.25) is 0 Å². The molecule has 0 aromatic heterocycles. The van der Waals surface area contributed by atoms with Gasteiger partial charge in [0, 0.05) is 0 Å². The van der Waals surface area contributed by atoms with Crippen molar-refractivity contribution in [2.45, 2.75) is 40.5 Å². The molecule has 15 heavy (non-hydrogen) atoms. The third kappa shape index (κ3) is 2.82. The Bertz CT molecular complexity index is 288. The van der Waals surface area contributed by atoms with Gasteiger partial charge >= 0.3 is 5.97 Å². The third-order valence-corrected chi connectivity index (χ3v) is 2.53. The van der Waals surface area contributed by atoms with E-state index in [9.17, 15) is 10.1 Å². The highest BCUT2D eigenvalue weighted by atomic mass is 16.5. The van der Waals surface area contributed by atoms with Gasteiger partial charge in [0.1, 0.15) is 0 Å². The average Bonchev–Trinajstić information content (AvgIpc) is 2.21. The van der Waals surface area contributed by atoms with Gasteiger partial charge in [0.15, 0.2) is 5.41 Å². The number of rotatable bonds is 5. The molecular formula is C12H19NO2. The Morgan fingerprint density at radius 1 is 1.47 bits per heavy atom. The van der Waals surface area contributed by atoms with Crippen LogP contribution >= 0.6 is 0 Å². The number of hydrogen-bond donors (Lipinski definition) is 0. The number of carbonyl (C=O) groups excluding carboxylic acids is 1. The molecule has 0 aliphatic rings. The highest BCUT2D eigenvalue weighted by Crippen LogP contribution is 2.32. The maximum atomic E-state index is 11.8. The lowest BCUT2D eigenvalue weighted by atomic mass is 9.79. The van der Waals surface area contributed by atoms with Gasteiger partial charge in [-0.2, -0.15) is 5.26 Å². The van der Waals surface area contributed by atoms with Crippen LogP contribution in [0, 0.1) is 16.7 Å². The number of esters is 1. The van der Waals surface area contributed by atoms with Crippen LogP contribution in [0.5, 0.6) is 0 Å². The molecule has 0 aromatic carbocycles. The first-order valence-corrected chi connectivity index (χ1v) is 5.34. The zero-order valence-corrected chi connectivity index (χ0v) is 9.96. The molecule has 1 atom stereocenters. The standard InChI is InChI=1S/C12H19NO2/c1-5-8-10(4)12(6-2,9-13)11(14)15-7-3/h8H,5-7H2,1-4H3. The van der Waals surface area contributed by atoms with E-state index in [1.807, 2.05) is 26.8 Å². The van der Waals surface area contributed by atoms with Crippen LogP contribution in [-0.2, 0) is 9.53 Å². The molecule has 0 saturated carbocycles. The van der Waals surface area contributed by atoms with Crippen molar-refractivity contribution in [2.75, 3.05) is 6.61 Å². The minimum absolute atomic E-state index is 0.307. The minimum Gasteiger partial charge on any atom is -0.465 e. The van der Waals surface area contributed by atoms with Crippen molar-refractivity contribution in [3.63, 3.8) is 0 Å². The fraction of sp³-hybridized carbons (Fsp3) is 0.667. The van der Waals surface area contributed by atoms with Crippen molar-refractivity contribution >= 4 is 5.97 Å². The van der Waals surface area contributed by atoms with E-state index in [-0.39, 0.29) is 0 Å². The van der Waals surface area contributed by atoms with Gasteiger partial charge < -0.3 is 4.74 Å². The summed E-state index contributed by atoms with van der Waals surface area (Å²) in [7, 11) is 0. The van der Waals surface area contributed by atoms with Gasteiger partial charge in [0.2, 0.25) is 0 Å². The summed E-state index contributed by atoms with van der Waals surface area (Å²) >= 11 is 0. The van der Waals surface area contributed by atoms with Gasteiger partial charge in [-0.25, -0.2) is 4.79 Å². The number of allylic oxidation sites excluding steroid dienone is 1. The number of nitriles is 1. The second-order valence-corrected chi connectivity index (χ2v) is 3.39. The molecule has 0 aromatic rings. The van der Waals surface area contributed by atoms with Crippen LogP contribution in [0.25, 0.3) is 0 Å². The molecule has 3 nitrogen and oxygen atoms in total. The van der Waals surface area contributed by atoms with Crippen molar-refractivity contribution < 1.29 is 9.53 Å². The lowest BCUT2D eigenvalue weighted by molar-refractivity contribution is -0.150. The molecule has 0 N–H and O–H groups in total. The van der Waals surface area contributed by atoms with Crippen LogP contribution in [0.1, 0.15) is 40.5 Å². The molecule has 0 heterocycles. The molecule has 1 unspecified atom stereocenters. The van der Waals surface area contributed by atoms with Crippen molar-refractivity contribution in [2.24, 2.45) is 5.41 Å². The molecule has 0 rings (SSSR count). The second-order valence-electron chi connectivity index (χ2n) is 3.39. The van der Waals surface area contributed by atoms with Gasteiger partial charge in [0.05, 0.1) is 12.7 Å². The summed E-state index contributed by atoms with van der Waals surface area (Å²) in [5.41, 5.74) is -0.306. The Morgan fingerprint density at radius 3 is 2.40 bits per heavy atom. The topological polar surface area (TPSA) is 50.1 Å². The lowest BCUT2D eigenvalue weighted by Crippen LogP contribution is -2.32. The first-order valence-electron chi connectivity index (χ1n) is 5.34. The van der Waals surface area contributed by atoms with Gasteiger partial charge in [-0.15, -0.1) is 0 Å². The molecule has 0 spiro atoms. The largest absolute Gasteiger partial charge is 0.465 e. The smallest absolute Gasteiger partial charge is 0.330 e. The van der Waals surface area contributed by atoms with E-state index in [0.29, 0.717) is 13.0 Å². The molecule has 84 valence electrons. The predicted molar refractivity (Wildman–Crippen MR) is 59.0 cm³/mol. The van der Waals surface area contributed by atoms with Crippen LogP contribution in [-0.4, -0.2) is 12.6 Å². The Balaban J connectivity index is 5.15. The number of hydrogen-bond acceptors (Lipinski definition) is 3.